The number of carbonyl (C=O) groups is 3. The molecule has 2 aliphatic heterocycles. The minimum absolute atomic E-state index is 0.0717. The van der Waals surface area contributed by atoms with E-state index in [-0.39, 0.29) is 36.5 Å². The first-order chi connectivity index (χ1) is 16.5. The lowest BCUT2D eigenvalue weighted by atomic mass is 10.1. The van der Waals surface area contributed by atoms with Gasteiger partial charge >= 0.3 is 5.69 Å². The molecule has 3 heterocycles. The van der Waals surface area contributed by atoms with Gasteiger partial charge in [-0.2, -0.15) is 5.10 Å². The number of anilines is 3. The summed E-state index contributed by atoms with van der Waals surface area (Å²) in [5.74, 6) is -0.226. The molecule has 2 aliphatic rings. The number of benzene rings is 2. The van der Waals surface area contributed by atoms with Gasteiger partial charge in [0.15, 0.2) is 0 Å². The average molecular weight is 460 g/mol. The fourth-order valence-corrected chi connectivity index (χ4v) is 4.33. The highest BCUT2D eigenvalue weighted by Gasteiger charge is 2.27. The summed E-state index contributed by atoms with van der Waals surface area (Å²) in [6, 6.07) is 13.5. The minimum Gasteiger partial charge on any atom is -0.324 e. The quantitative estimate of drug-likeness (QED) is 0.618. The van der Waals surface area contributed by atoms with Gasteiger partial charge in [0.2, 0.25) is 11.8 Å². The van der Waals surface area contributed by atoms with Gasteiger partial charge in [-0.3, -0.25) is 23.9 Å². The van der Waals surface area contributed by atoms with Crippen molar-refractivity contribution in [3.05, 3.63) is 70.4 Å². The Kier molecular flexibility index (Phi) is 5.70. The van der Waals surface area contributed by atoms with E-state index >= 15 is 0 Å². The SMILES string of the molecule is O=C(Cn1nc2n(c1=O)CCCCC2)Nc1ccc(C(=O)N2CC(=O)Nc3ccccc32)cc1. The maximum Gasteiger partial charge on any atom is 0.346 e. The summed E-state index contributed by atoms with van der Waals surface area (Å²) in [5.41, 5.74) is 1.83. The molecule has 0 atom stereocenters. The Morgan fingerprint density at radius 3 is 2.62 bits per heavy atom. The molecule has 2 N–H and O–H groups in total. The summed E-state index contributed by atoms with van der Waals surface area (Å²) < 4.78 is 2.85. The largest absolute Gasteiger partial charge is 0.346 e. The van der Waals surface area contributed by atoms with Crippen molar-refractivity contribution in [2.75, 3.05) is 22.1 Å². The van der Waals surface area contributed by atoms with E-state index in [0.717, 1.165) is 31.5 Å². The van der Waals surface area contributed by atoms with Gasteiger partial charge in [0.05, 0.1) is 11.4 Å². The molecule has 5 rings (SSSR count). The van der Waals surface area contributed by atoms with Crippen molar-refractivity contribution >= 4 is 34.8 Å². The van der Waals surface area contributed by atoms with Gasteiger partial charge < -0.3 is 10.6 Å². The van der Waals surface area contributed by atoms with Crippen molar-refractivity contribution in [2.45, 2.75) is 38.8 Å². The van der Waals surface area contributed by atoms with E-state index in [1.165, 1.54) is 9.58 Å². The number of hydrogen-bond acceptors (Lipinski definition) is 5. The first kappa shape index (κ1) is 21.6. The number of hydrogen-bond donors (Lipinski definition) is 2. The number of aromatic nitrogens is 3. The molecule has 0 saturated heterocycles. The standard InChI is InChI=1S/C24H24N6O4/c31-21-14-29(19-7-4-3-6-18(19)26-21)23(33)16-9-11-17(12-10-16)25-22(32)15-30-24(34)28-13-5-1-2-8-20(28)27-30/h3-4,6-7,9-12H,1-2,5,8,13-15H2,(H,25,32)(H,26,31). The lowest BCUT2D eigenvalue weighted by Crippen LogP contribution is -2.42. The van der Waals surface area contributed by atoms with E-state index in [2.05, 4.69) is 15.7 Å². The van der Waals surface area contributed by atoms with E-state index < -0.39 is 0 Å². The molecule has 0 radical (unpaired) electrons. The smallest absolute Gasteiger partial charge is 0.324 e. The number of nitrogens with zero attached hydrogens (tertiary/aromatic N) is 4. The van der Waals surface area contributed by atoms with Crippen LogP contribution in [0.1, 0.15) is 35.4 Å². The van der Waals surface area contributed by atoms with Crippen molar-refractivity contribution < 1.29 is 14.4 Å². The van der Waals surface area contributed by atoms with Crippen LogP contribution in [0.5, 0.6) is 0 Å². The van der Waals surface area contributed by atoms with Crippen LogP contribution in [0, 0.1) is 0 Å². The van der Waals surface area contributed by atoms with E-state index in [4.69, 9.17) is 0 Å². The molecule has 0 saturated carbocycles. The van der Waals surface area contributed by atoms with Gasteiger partial charge in [0, 0.05) is 24.2 Å². The van der Waals surface area contributed by atoms with Crippen molar-refractivity contribution in [1.82, 2.24) is 14.3 Å². The van der Waals surface area contributed by atoms with Crippen molar-refractivity contribution in [3.63, 3.8) is 0 Å². The van der Waals surface area contributed by atoms with Crippen LogP contribution < -0.4 is 21.2 Å². The number of fused-ring (bicyclic) bond motifs is 2. The summed E-state index contributed by atoms with van der Waals surface area (Å²) in [4.78, 5) is 51.6. The molecule has 1 aromatic heterocycles. The molecular formula is C24H24N6O4. The molecule has 10 nitrogen and oxygen atoms in total. The normalized spacial score (nSPS) is 15.1. The van der Waals surface area contributed by atoms with Gasteiger partial charge in [-0.25, -0.2) is 9.48 Å². The molecule has 34 heavy (non-hydrogen) atoms. The molecule has 0 fully saturated rings. The van der Waals surface area contributed by atoms with Gasteiger partial charge in [-0.1, -0.05) is 18.6 Å². The topological polar surface area (TPSA) is 118 Å². The highest BCUT2D eigenvalue weighted by Crippen LogP contribution is 2.30. The van der Waals surface area contributed by atoms with Crippen molar-refractivity contribution in [1.29, 1.82) is 0 Å². The highest BCUT2D eigenvalue weighted by molar-refractivity contribution is 6.15. The van der Waals surface area contributed by atoms with Crippen LogP contribution in [0.15, 0.2) is 53.3 Å². The summed E-state index contributed by atoms with van der Waals surface area (Å²) in [5, 5.41) is 9.83. The zero-order valence-corrected chi connectivity index (χ0v) is 18.5. The molecule has 3 aromatic rings. The monoisotopic (exact) mass is 460 g/mol. The summed E-state index contributed by atoms with van der Waals surface area (Å²) in [6.07, 6.45) is 3.73. The maximum absolute atomic E-state index is 13.1. The first-order valence-electron chi connectivity index (χ1n) is 11.3. The lowest BCUT2D eigenvalue weighted by molar-refractivity contribution is -0.117. The van der Waals surface area contributed by atoms with Crippen LogP contribution in [-0.4, -0.2) is 38.6 Å². The van der Waals surface area contributed by atoms with Crippen LogP contribution in [0.3, 0.4) is 0 Å². The van der Waals surface area contributed by atoms with Crippen LogP contribution in [0.25, 0.3) is 0 Å². The molecular weight excluding hydrogens is 436 g/mol. The van der Waals surface area contributed by atoms with E-state index in [1.807, 2.05) is 0 Å². The zero-order valence-electron chi connectivity index (χ0n) is 18.5. The Morgan fingerprint density at radius 2 is 1.79 bits per heavy atom. The predicted octanol–water partition coefficient (Wildman–Crippen LogP) is 2.01. The minimum atomic E-state index is -0.379. The first-order valence-corrected chi connectivity index (χ1v) is 11.3. The van der Waals surface area contributed by atoms with Crippen LogP contribution in [0.2, 0.25) is 0 Å². The van der Waals surface area contributed by atoms with Crippen LogP contribution >= 0.6 is 0 Å². The van der Waals surface area contributed by atoms with Gasteiger partial charge in [0.25, 0.3) is 5.91 Å². The molecule has 0 bridgehead atoms. The second kappa shape index (κ2) is 8.97. The Hall–Kier alpha value is -4.21. The molecule has 2 aromatic carbocycles. The maximum atomic E-state index is 13.1. The van der Waals surface area contributed by atoms with Crippen molar-refractivity contribution in [2.24, 2.45) is 0 Å². The number of rotatable bonds is 4. The number of para-hydroxylation sites is 2. The van der Waals surface area contributed by atoms with Crippen LogP contribution in [-0.2, 0) is 29.1 Å². The van der Waals surface area contributed by atoms with Crippen molar-refractivity contribution in [3.8, 4) is 0 Å². The third-order valence-electron chi connectivity index (χ3n) is 6.01. The van der Waals surface area contributed by atoms with Gasteiger partial charge in [0.1, 0.15) is 18.9 Å². The molecule has 0 spiro atoms. The molecule has 174 valence electrons. The average Bonchev–Trinajstić information content (AvgIpc) is 2.99. The highest BCUT2D eigenvalue weighted by atomic mass is 16.2. The fraction of sp³-hybridized carbons (Fsp3) is 0.292. The third-order valence-corrected chi connectivity index (χ3v) is 6.01. The molecule has 10 heteroatoms. The fourth-order valence-electron chi connectivity index (χ4n) is 4.33. The summed E-state index contributed by atoms with van der Waals surface area (Å²) >= 11 is 0. The van der Waals surface area contributed by atoms with Gasteiger partial charge in [-0.15, -0.1) is 0 Å². The number of carbonyl (C=O) groups excluding carboxylic acids is 3. The van der Waals surface area contributed by atoms with Crippen LogP contribution in [0.4, 0.5) is 17.1 Å². The zero-order chi connectivity index (χ0) is 23.7. The molecule has 3 amide bonds. The Labute approximate surface area is 195 Å². The third kappa shape index (κ3) is 4.21. The number of aryl methyl sites for hydroxylation is 1. The number of nitrogens with one attached hydrogen (secondary N) is 2. The number of amides is 3. The lowest BCUT2D eigenvalue weighted by Gasteiger charge is -2.29. The predicted molar refractivity (Wildman–Crippen MR) is 126 cm³/mol. The van der Waals surface area contributed by atoms with E-state index in [0.29, 0.717) is 29.2 Å². The summed E-state index contributed by atoms with van der Waals surface area (Å²) in [7, 11) is 0. The summed E-state index contributed by atoms with van der Waals surface area (Å²) in [6.45, 7) is 0.380. The second-order valence-corrected chi connectivity index (χ2v) is 8.40. The van der Waals surface area contributed by atoms with E-state index in [1.54, 1.807) is 53.1 Å². The molecule has 0 unspecified atom stereocenters. The Balaban J connectivity index is 1.26. The second-order valence-electron chi connectivity index (χ2n) is 8.40. The van der Waals surface area contributed by atoms with E-state index in [9.17, 15) is 19.2 Å². The van der Waals surface area contributed by atoms with Gasteiger partial charge in [-0.05, 0) is 49.2 Å². The Morgan fingerprint density at radius 1 is 1.00 bits per heavy atom. The molecule has 0 aliphatic carbocycles. The Bertz CT molecular complexity index is 1320.